The molecule has 0 saturated carbocycles. The summed E-state index contributed by atoms with van der Waals surface area (Å²) in [4.78, 5) is 23.4. The van der Waals surface area contributed by atoms with Gasteiger partial charge in [-0.2, -0.15) is 5.10 Å². The number of pyridine rings is 1. The Morgan fingerprint density at radius 1 is 1.50 bits per heavy atom. The Morgan fingerprint density at radius 2 is 2.25 bits per heavy atom. The number of hydrogen-bond donors (Lipinski definition) is 3. The highest BCUT2D eigenvalue weighted by Gasteiger charge is 2.09. The average Bonchev–Trinajstić information content (AvgIpc) is 2.82. The van der Waals surface area contributed by atoms with E-state index in [1.54, 1.807) is 6.07 Å². The standard InChI is InChI=1S/C13H17N5O2/c1-8(2)10-5-11(17-16-10)15-12(19)7-18-6-9(14)3-4-13(18)20/h3-6,8H,7,14H2,1-2H3,(H2,15,16,17,19). The third-order valence-electron chi connectivity index (χ3n) is 2.81. The predicted octanol–water partition coefficient (Wildman–Crippen LogP) is 0.916. The van der Waals surface area contributed by atoms with E-state index in [0.717, 1.165) is 5.69 Å². The van der Waals surface area contributed by atoms with Crippen LogP contribution in [0.4, 0.5) is 11.5 Å². The maximum Gasteiger partial charge on any atom is 0.251 e. The Labute approximate surface area is 115 Å². The van der Waals surface area contributed by atoms with Gasteiger partial charge in [-0.1, -0.05) is 13.8 Å². The molecular formula is C13H17N5O2. The van der Waals surface area contributed by atoms with E-state index in [4.69, 9.17) is 5.73 Å². The maximum absolute atomic E-state index is 11.9. The number of carbonyl (C=O) groups is 1. The molecule has 0 fully saturated rings. The van der Waals surface area contributed by atoms with Crippen molar-refractivity contribution in [2.24, 2.45) is 0 Å². The van der Waals surface area contributed by atoms with Crippen LogP contribution in [0.3, 0.4) is 0 Å². The molecule has 1 amide bonds. The van der Waals surface area contributed by atoms with E-state index in [1.165, 1.54) is 22.9 Å². The molecule has 7 heteroatoms. The highest BCUT2D eigenvalue weighted by Crippen LogP contribution is 2.14. The van der Waals surface area contributed by atoms with E-state index in [1.807, 2.05) is 13.8 Å². The Balaban J connectivity index is 2.05. The van der Waals surface area contributed by atoms with Crippen LogP contribution in [-0.2, 0) is 11.3 Å². The molecule has 0 aliphatic rings. The number of carbonyl (C=O) groups excluding carboxylic acids is 1. The predicted molar refractivity (Wildman–Crippen MR) is 76.4 cm³/mol. The third kappa shape index (κ3) is 3.25. The van der Waals surface area contributed by atoms with Crippen molar-refractivity contribution in [2.45, 2.75) is 26.3 Å². The van der Waals surface area contributed by atoms with Gasteiger partial charge >= 0.3 is 0 Å². The molecule has 7 nitrogen and oxygen atoms in total. The van der Waals surface area contributed by atoms with Gasteiger partial charge in [0.15, 0.2) is 5.82 Å². The quantitative estimate of drug-likeness (QED) is 0.771. The van der Waals surface area contributed by atoms with Gasteiger partial charge in [0, 0.05) is 29.7 Å². The molecule has 2 aromatic heterocycles. The maximum atomic E-state index is 11.9. The van der Waals surface area contributed by atoms with Gasteiger partial charge in [0.1, 0.15) is 6.54 Å². The lowest BCUT2D eigenvalue weighted by atomic mass is 10.1. The lowest BCUT2D eigenvalue weighted by Crippen LogP contribution is -2.27. The zero-order valence-corrected chi connectivity index (χ0v) is 11.4. The molecule has 20 heavy (non-hydrogen) atoms. The molecule has 0 unspecified atom stereocenters. The molecule has 4 N–H and O–H groups in total. The summed E-state index contributed by atoms with van der Waals surface area (Å²) in [5.41, 5.74) is 6.67. The first-order valence-corrected chi connectivity index (χ1v) is 6.27. The van der Waals surface area contributed by atoms with Crippen molar-refractivity contribution in [2.75, 3.05) is 11.1 Å². The highest BCUT2D eigenvalue weighted by atomic mass is 16.2. The van der Waals surface area contributed by atoms with Crippen LogP contribution < -0.4 is 16.6 Å². The normalized spacial score (nSPS) is 10.8. The van der Waals surface area contributed by atoms with E-state index in [2.05, 4.69) is 15.5 Å². The van der Waals surface area contributed by atoms with Crippen LogP contribution in [0, 0.1) is 0 Å². The summed E-state index contributed by atoms with van der Waals surface area (Å²) in [5, 5.41) is 9.46. The van der Waals surface area contributed by atoms with Gasteiger partial charge in [0.05, 0.1) is 0 Å². The molecule has 0 spiro atoms. The number of amides is 1. The number of nitrogens with one attached hydrogen (secondary N) is 2. The SMILES string of the molecule is CC(C)c1cc(NC(=O)Cn2cc(N)ccc2=O)n[nH]1. The minimum Gasteiger partial charge on any atom is -0.398 e. The zero-order chi connectivity index (χ0) is 14.7. The molecule has 0 aliphatic heterocycles. The fourth-order valence-corrected chi connectivity index (χ4v) is 1.71. The minimum atomic E-state index is -0.334. The average molecular weight is 275 g/mol. The van der Waals surface area contributed by atoms with Crippen molar-refractivity contribution in [3.63, 3.8) is 0 Å². The lowest BCUT2D eigenvalue weighted by molar-refractivity contribution is -0.116. The van der Waals surface area contributed by atoms with Crippen molar-refractivity contribution in [3.8, 4) is 0 Å². The number of nitrogen functional groups attached to an aromatic ring is 1. The summed E-state index contributed by atoms with van der Waals surface area (Å²) in [6.07, 6.45) is 1.44. The molecule has 106 valence electrons. The van der Waals surface area contributed by atoms with E-state index in [0.29, 0.717) is 17.4 Å². The summed E-state index contributed by atoms with van der Waals surface area (Å²) in [6.45, 7) is 3.94. The Bertz CT molecular complexity index is 671. The van der Waals surface area contributed by atoms with Gasteiger partial charge < -0.3 is 15.6 Å². The molecule has 0 atom stereocenters. The summed E-state index contributed by atoms with van der Waals surface area (Å²) < 4.78 is 1.25. The molecule has 0 radical (unpaired) electrons. The zero-order valence-electron chi connectivity index (χ0n) is 11.4. The number of rotatable bonds is 4. The van der Waals surface area contributed by atoms with Crippen molar-refractivity contribution in [1.29, 1.82) is 0 Å². The second kappa shape index (κ2) is 5.60. The van der Waals surface area contributed by atoms with Gasteiger partial charge in [-0.05, 0) is 12.0 Å². The summed E-state index contributed by atoms with van der Waals surface area (Å²) in [7, 11) is 0. The molecule has 0 saturated heterocycles. The Morgan fingerprint density at radius 3 is 2.90 bits per heavy atom. The number of hydrogen-bond acceptors (Lipinski definition) is 4. The van der Waals surface area contributed by atoms with Crippen LogP contribution in [0.15, 0.2) is 29.2 Å². The number of nitrogens with two attached hydrogens (primary N) is 1. The lowest BCUT2D eigenvalue weighted by Gasteiger charge is -2.05. The van der Waals surface area contributed by atoms with Gasteiger partial charge in [-0.15, -0.1) is 0 Å². The van der Waals surface area contributed by atoms with Crippen LogP contribution in [0.2, 0.25) is 0 Å². The van der Waals surface area contributed by atoms with Gasteiger partial charge in [-0.25, -0.2) is 0 Å². The number of aromatic nitrogens is 3. The topological polar surface area (TPSA) is 106 Å². The molecule has 0 bridgehead atoms. The number of H-pyrrole nitrogens is 1. The van der Waals surface area contributed by atoms with Crippen LogP contribution >= 0.6 is 0 Å². The number of aromatic amines is 1. The minimum absolute atomic E-state index is 0.103. The highest BCUT2D eigenvalue weighted by molar-refractivity contribution is 5.89. The number of anilines is 2. The van der Waals surface area contributed by atoms with Crippen molar-refractivity contribution >= 4 is 17.4 Å². The first-order valence-electron chi connectivity index (χ1n) is 6.27. The van der Waals surface area contributed by atoms with Crippen molar-refractivity contribution < 1.29 is 4.79 Å². The molecule has 2 heterocycles. The van der Waals surface area contributed by atoms with E-state index >= 15 is 0 Å². The first kappa shape index (κ1) is 13.9. The van der Waals surface area contributed by atoms with Gasteiger partial charge in [-0.3, -0.25) is 14.7 Å². The fraction of sp³-hybridized carbons (Fsp3) is 0.308. The molecule has 2 aromatic rings. The van der Waals surface area contributed by atoms with Gasteiger partial charge in [0.25, 0.3) is 5.56 Å². The van der Waals surface area contributed by atoms with Gasteiger partial charge in [0.2, 0.25) is 5.91 Å². The molecule has 0 aromatic carbocycles. The number of nitrogens with zero attached hydrogens (tertiary/aromatic N) is 2. The Hall–Kier alpha value is -2.57. The summed E-state index contributed by atoms with van der Waals surface area (Å²) in [5.74, 6) is 0.403. The second-order valence-corrected chi connectivity index (χ2v) is 4.84. The fourth-order valence-electron chi connectivity index (χ4n) is 1.71. The molecule has 0 aliphatic carbocycles. The van der Waals surface area contributed by atoms with E-state index < -0.39 is 0 Å². The van der Waals surface area contributed by atoms with Crippen LogP contribution in [0.5, 0.6) is 0 Å². The first-order chi connectivity index (χ1) is 9.45. The van der Waals surface area contributed by atoms with Crippen molar-refractivity contribution in [3.05, 3.63) is 40.4 Å². The Kier molecular flexibility index (Phi) is 3.88. The smallest absolute Gasteiger partial charge is 0.251 e. The summed E-state index contributed by atoms with van der Waals surface area (Å²) >= 11 is 0. The monoisotopic (exact) mass is 275 g/mol. The van der Waals surface area contributed by atoms with Crippen molar-refractivity contribution in [1.82, 2.24) is 14.8 Å². The summed E-state index contributed by atoms with van der Waals surface area (Å²) in [6, 6.07) is 4.60. The second-order valence-electron chi connectivity index (χ2n) is 4.84. The van der Waals surface area contributed by atoms with Crippen LogP contribution in [0.1, 0.15) is 25.5 Å². The van der Waals surface area contributed by atoms with E-state index in [9.17, 15) is 9.59 Å². The van der Waals surface area contributed by atoms with Crippen LogP contribution in [-0.4, -0.2) is 20.7 Å². The molecule has 2 rings (SSSR count). The van der Waals surface area contributed by atoms with E-state index in [-0.39, 0.29) is 18.0 Å². The largest absolute Gasteiger partial charge is 0.398 e. The van der Waals surface area contributed by atoms with Crippen LogP contribution in [0.25, 0.3) is 0 Å². The third-order valence-corrected chi connectivity index (χ3v) is 2.81. The molecular weight excluding hydrogens is 258 g/mol.